The molecule has 0 aliphatic heterocycles. The number of pyridine rings is 1. The number of aliphatic carboxylic acids is 1. The van der Waals surface area contributed by atoms with Crippen molar-refractivity contribution in [1.82, 2.24) is 9.88 Å². The molecule has 0 aliphatic rings. The van der Waals surface area contributed by atoms with E-state index in [0.29, 0.717) is 12.3 Å². The van der Waals surface area contributed by atoms with E-state index in [-0.39, 0.29) is 35.0 Å². The van der Waals surface area contributed by atoms with Gasteiger partial charge in [0.2, 0.25) is 0 Å². The van der Waals surface area contributed by atoms with Gasteiger partial charge in [-0.3, -0.25) is 9.88 Å². The molecule has 6 heteroatoms. The van der Waals surface area contributed by atoms with Crippen molar-refractivity contribution in [3.05, 3.63) is 95.3 Å². The van der Waals surface area contributed by atoms with Crippen molar-refractivity contribution in [2.24, 2.45) is 0 Å². The summed E-state index contributed by atoms with van der Waals surface area (Å²) in [5, 5.41) is 10.7. The average Bonchev–Trinajstić information content (AvgIpc) is 2.73. The maximum Gasteiger partial charge on any atom is 1.00 e. The number of benzene rings is 2. The Bertz CT molecular complexity index is 986. The van der Waals surface area contributed by atoms with E-state index in [1.165, 1.54) is 11.1 Å². The molecule has 0 saturated carbocycles. The Kier molecular flexibility index (Phi) is 9.91. The largest absolute Gasteiger partial charge is 1.00 e. The standard InChI is InChI=1S/C26H30N2O3.Na/c1-26(2,3)23-11-9-20(10-12-23)16-28(18-22-7-5-13-27-15-22)17-21-6-4-8-24(14-21)31-19-25(29)30;/h4-15H,16-19H2,1-3H3,(H,29,30);/q;+1/p-1. The third-order valence-electron chi connectivity index (χ3n) is 5.02. The molecule has 0 amide bonds. The molecule has 0 atom stereocenters. The zero-order valence-corrected chi connectivity index (χ0v) is 21.4. The van der Waals surface area contributed by atoms with Gasteiger partial charge >= 0.3 is 29.6 Å². The molecule has 0 N–H and O–H groups in total. The Morgan fingerprint density at radius 1 is 0.938 bits per heavy atom. The Morgan fingerprint density at radius 3 is 2.22 bits per heavy atom. The minimum atomic E-state index is -1.23. The number of carboxylic acid groups (broad SMARTS) is 1. The van der Waals surface area contributed by atoms with Crippen LogP contribution in [-0.2, 0) is 29.8 Å². The summed E-state index contributed by atoms with van der Waals surface area (Å²) >= 11 is 0. The average molecular weight is 441 g/mol. The summed E-state index contributed by atoms with van der Waals surface area (Å²) in [5.74, 6) is -0.708. The molecule has 5 nitrogen and oxygen atoms in total. The fraction of sp³-hybridized carbons (Fsp3) is 0.308. The molecule has 0 aliphatic carbocycles. The van der Waals surface area contributed by atoms with Crippen molar-refractivity contribution < 1.29 is 44.2 Å². The van der Waals surface area contributed by atoms with Crippen molar-refractivity contribution >= 4 is 5.97 Å². The van der Waals surface area contributed by atoms with Crippen LogP contribution in [0.1, 0.15) is 43.0 Å². The van der Waals surface area contributed by atoms with Gasteiger partial charge in [-0.25, -0.2) is 0 Å². The second-order valence-corrected chi connectivity index (χ2v) is 8.76. The minimum absolute atomic E-state index is 0. The topological polar surface area (TPSA) is 65.5 Å². The van der Waals surface area contributed by atoms with Crippen LogP contribution in [0, 0.1) is 0 Å². The molecule has 3 aromatic rings. The number of ether oxygens (including phenoxy) is 1. The Labute approximate surface area is 212 Å². The van der Waals surface area contributed by atoms with Gasteiger partial charge in [-0.1, -0.05) is 63.2 Å². The summed E-state index contributed by atoms with van der Waals surface area (Å²) in [6, 6.07) is 20.3. The third-order valence-corrected chi connectivity index (χ3v) is 5.02. The summed E-state index contributed by atoms with van der Waals surface area (Å²) in [6.07, 6.45) is 3.66. The second-order valence-electron chi connectivity index (χ2n) is 8.76. The Balaban J connectivity index is 0.00000363. The van der Waals surface area contributed by atoms with Crippen LogP contribution in [0.5, 0.6) is 5.75 Å². The zero-order chi connectivity index (χ0) is 22.3. The van der Waals surface area contributed by atoms with Gasteiger partial charge in [-0.15, -0.1) is 0 Å². The molecular formula is C26H29N2NaO3. The van der Waals surface area contributed by atoms with E-state index in [4.69, 9.17) is 4.74 Å². The predicted octanol–water partition coefficient (Wildman–Crippen LogP) is 0.714. The quantitative estimate of drug-likeness (QED) is 0.459. The van der Waals surface area contributed by atoms with Crippen molar-refractivity contribution in [1.29, 1.82) is 0 Å². The summed E-state index contributed by atoms with van der Waals surface area (Å²) in [5.41, 5.74) is 4.86. The van der Waals surface area contributed by atoms with Gasteiger partial charge in [0.15, 0.2) is 0 Å². The predicted molar refractivity (Wildman–Crippen MR) is 119 cm³/mol. The fourth-order valence-electron chi connectivity index (χ4n) is 3.42. The molecule has 1 heterocycles. The van der Waals surface area contributed by atoms with Crippen LogP contribution in [0.3, 0.4) is 0 Å². The van der Waals surface area contributed by atoms with Gasteiger partial charge in [0, 0.05) is 32.0 Å². The molecule has 0 radical (unpaired) electrons. The number of carbonyl (C=O) groups is 1. The number of carboxylic acids is 1. The summed E-state index contributed by atoms with van der Waals surface area (Å²) < 4.78 is 5.28. The normalized spacial score (nSPS) is 11.1. The molecule has 0 bridgehead atoms. The molecule has 2 aromatic carbocycles. The van der Waals surface area contributed by atoms with Crippen LogP contribution >= 0.6 is 0 Å². The first-order valence-corrected chi connectivity index (χ1v) is 10.4. The van der Waals surface area contributed by atoms with Gasteiger partial charge in [0.1, 0.15) is 12.4 Å². The van der Waals surface area contributed by atoms with Crippen LogP contribution in [0.15, 0.2) is 73.1 Å². The van der Waals surface area contributed by atoms with Crippen molar-refractivity contribution in [3.63, 3.8) is 0 Å². The maximum absolute atomic E-state index is 10.7. The van der Waals surface area contributed by atoms with E-state index in [9.17, 15) is 9.90 Å². The Morgan fingerprint density at radius 2 is 1.59 bits per heavy atom. The number of hydrogen-bond donors (Lipinski definition) is 0. The molecule has 1 aromatic heterocycles. The molecule has 32 heavy (non-hydrogen) atoms. The zero-order valence-electron chi connectivity index (χ0n) is 19.4. The SMILES string of the molecule is CC(C)(C)c1ccc(CN(Cc2cccnc2)Cc2cccc(OCC(=O)[O-])c2)cc1.[Na+]. The van der Waals surface area contributed by atoms with Gasteiger partial charge < -0.3 is 14.6 Å². The molecule has 0 saturated heterocycles. The number of nitrogens with zero attached hydrogens (tertiary/aromatic N) is 2. The second kappa shape index (κ2) is 12.2. The molecule has 0 fully saturated rings. The van der Waals surface area contributed by atoms with E-state index in [2.05, 4.69) is 61.0 Å². The Hall–Kier alpha value is -2.18. The molecule has 0 spiro atoms. The van der Waals surface area contributed by atoms with Crippen LogP contribution < -0.4 is 39.4 Å². The van der Waals surface area contributed by atoms with Gasteiger partial charge in [-0.05, 0) is 45.9 Å². The molecule has 0 unspecified atom stereocenters. The van der Waals surface area contributed by atoms with Crippen LogP contribution in [0.4, 0.5) is 0 Å². The maximum atomic E-state index is 10.7. The van der Waals surface area contributed by atoms with Crippen molar-refractivity contribution in [2.75, 3.05) is 6.61 Å². The van der Waals surface area contributed by atoms with E-state index in [0.717, 1.165) is 24.2 Å². The van der Waals surface area contributed by atoms with E-state index >= 15 is 0 Å². The third kappa shape index (κ3) is 8.40. The smallest absolute Gasteiger partial charge is 0.546 e. The minimum Gasteiger partial charge on any atom is -0.546 e. The molecular weight excluding hydrogens is 411 g/mol. The first-order valence-electron chi connectivity index (χ1n) is 10.4. The van der Waals surface area contributed by atoms with Crippen molar-refractivity contribution in [2.45, 2.75) is 45.8 Å². The molecule has 3 rings (SSSR count). The monoisotopic (exact) mass is 440 g/mol. The van der Waals surface area contributed by atoms with Crippen LogP contribution in [0.2, 0.25) is 0 Å². The molecule has 162 valence electrons. The van der Waals surface area contributed by atoms with Gasteiger partial charge in [0.05, 0.1) is 5.97 Å². The van der Waals surface area contributed by atoms with Crippen LogP contribution in [0.25, 0.3) is 0 Å². The van der Waals surface area contributed by atoms with Crippen molar-refractivity contribution in [3.8, 4) is 5.75 Å². The fourth-order valence-corrected chi connectivity index (χ4v) is 3.42. The summed E-state index contributed by atoms with van der Waals surface area (Å²) in [4.78, 5) is 17.2. The number of carbonyl (C=O) groups excluding carboxylic acids is 1. The first-order chi connectivity index (χ1) is 14.8. The summed E-state index contributed by atoms with van der Waals surface area (Å²) in [7, 11) is 0. The van der Waals surface area contributed by atoms with Gasteiger partial charge in [-0.2, -0.15) is 0 Å². The first kappa shape index (κ1) is 26.1. The number of hydrogen-bond acceptors (Lipinski definition) is 5. The van der Waals surface area contributed by atoms with E-state index in [1.807, 2.05) is 30.5 Å². The van der Waals surface area contributed by atoms with E-state index in [1.54, 1.807) is 12.3 Å². The van der Waals surface area contributed by atoms with E-state index < -0.39 is 12.6 Å². The van der Waals surface area contributed by atoms with Crippen LogP contribution in [-0.4, -0.2) is 22.5 Å². The summed E-state index contributed by atoms with van der Waals surface area (Å²) in [6.45, 7) is 8.41. The van der Waals surface area contributed by atoms with Gasteiger partial charge in [0.25, 0.3) is 0 Å². The number of aromatic nitrogens is 1. The number of rotatable bonds is 9.